The number of aliphatic hydroxyl groups excluding tert-OH is 1. The van der Waals surface area contributed by atoms with E-state index < -0.39 is 11.5 Å². The molecular weight excluding hydrogens is 573 g/mol. The number of fused-ring (bicyclic) bond motifs is 1. The average Bonchev–Trinajstić information content (AvgIpc) is 3.76. The molecule has 5 rings (SSSR count). The van der Waals surface area contributed by atoms with Gasteiger partial charge in [-0.25, -0.2) is 4.98 Å². The molecule has 7 heteroatoms. The maximum Gasteiger partial charge on any atom is 1.00 e. The Hall–Kier alpha value is -2.12. The monoisotopic (exact) mass is 609 g/mol. The molecule has 1 aliphatic rings. The Morgan fingerprint density at radius 1 is 1.07 bits per heavy atom. The van der Waals surface area contributed by atoms with Gasteiger partial charge in [0.15, 0.2) is 0 Å². The number of esters is 1. The van der Waals surface area contributed by atoms with Crippen LogP contribution in [0.2, 0.25) is 5.02 Å². The summed E-state index contributed by atoms with van der Waals surface area (Å²) >= 11 is 10.8. The molecule has 4 aromatic rings. The van der Waals surface area contributed by atoms with Gasteiger partial charge in [0, 0.05) is 22.7 Å². The Balaban J connectivity index is 0.00000253. The fourth-order valence-corrected chi connectivity index (χ4v) is 5.70. The summed E-state index contributed by atoms with van der Waals surface area (Å²) in [7, 11) is 0. The first kappa shape index (κ1) is 32.8. The van der Waals surface area contributed by atoms with Crippen LogP contribution >= 0.6 is 24.2 Å². The van der Waals surface area contributed by atoms with Crippen LogP contribution in [0.3, 0.4) is 0 Å². The van der Waals surface area contributed by atoms with E-state index in [-0.39, 0.29) is 42.9 Å². The normalized spacial score (nSPS) is 15.2. The van der Waals surface area contributed by atoms with Gasteiger partial charge < -0.3 is 11.3 Å². The molecule has 1 heterocycles. The number of nitrogens with zero attached hydrogens (tertiary/aromatic N) is 1. The second-order valence-electron chi connectivity index (χ2n) is 11.1. The SMILES string of the molecule is CC(O)Cc1ccccc1C(CCC(S)OC(=O)CC1CC1)c1cccc(/C=C/c2ccc3ccc(Cl)cc3n2)c1.[H-].[Na+]. The maximum atomic E-state index is 12.3. The van der Waals surface area contributed by atoms with Gasteiger partial charge >= 0.3 is 35.5 Å². The molecule has 3 unspecified atom stereocenters. The van der Waals surface area contributed by atoms with Crippen LogP contribution in [-0.2, 0) is 16.0 Å². The van der Waals surface area contributed by atoms with E-state index >= 15 is 0 Å². The minimum Gasteiger partial charge on any atom is -1.00 e. The summed E-state index contributed by atoms with van der Waals surface area (Å²) < 4.78 is 5.63. The number of thiol groups is 1. The number of benzene rings is 3. The van der Waals surface area contributed by atoms with E-state index in [0.717, 1.165) is 52.5 Å². The smallest absolute Gasteiger partial charge is 1.00 e. The van der Waals surface area contributed by atoms with Crippen molar-refractivity contribution in [2.45, 2.75) is 62.9 Å². The fraction of sp³-hybridized carbons (Fsp3) is 0.314. The number of aromatic nitrogens is 1. The average molecular weight is 610 g/mol. The molecule has 0 radical (unpaired) electrons. The van der Waals surface area contributed by atoms with Gasteiger partial charge in [-0.15, -0.1) is 12.6 Å². The summed E-state index contributed by atoms with van der Waals surface area (Å²) in [5.41, 5.74) is 5.78. The summed E-state index contributed by atoms with van der Waals surface area (Å²) in [6, 6.07) is 26.6. The predicted octanol–water partition coefficient (Wildman–Crippen LogP) is 5.61. The first-order chi connectivity index (χ1) is 19.8. The number of carbonyl (C=O) groups excluding carboxylic acids is 1. The summed E-state index contributed by atoms with van der Waals surface area (Å²) in [5, 5.41) is 11.9. The maximum absolute atomic E-state index is 12.3. The van der Waals surface area contributed by atoms with Crippen LogP contribution < -0.4 is 29.6 Å². The number of pyridine rings is 1. The Morgan fingerprint density at radius 3 is 2.64 bits per heavy atom. The molecule has 0 saturated heterocycles. The molecule has 1 aliphatic carbocycles. The van der Waals surface area contributed by atoms with Gasteiger partial charge in [-0.2, -0.15) is 0 Å². The quantitative estimate of drug-likeness (QED) is 0.0949. The van der Waals surface area contributed by atoms with Crippen molar-refractivity contribution in [1.82, 2.24) is 4.98 Å². The van der Waals surface area contributed by atoms with Crippen molar-refractivity contribution in [2.24, 2.45) is 5.92 Å². The largest absolute Gasteiger partial charge is 1.00 e. The van der Waals surface area contributed by atoms with Crippen molar-refractivity contribution in [2.75, 3.05) is 0 Å². The van der Waals surface area contributed by atoms with E-state index in [0.29, 0.717) is 30.2 Å². The standard InChI is InChI=1S/C35H36ClNO3S.Na.H/c1-23(38)19-27-6-2-3-8-31(27)32(17-18-35(41)40-34(39)21-25-9-10-25)28-7-4-5-24(20-28)11-15-30-16-13-26-12-14-29(36)22-33(26)37-30;;/h2-8,11-16,20,22-23,25,32,35,38,41H,9-10,17-19,21H2,1H3;;/q;+1;-1/b15-11+;;. The number of hydrogen-bond donors (Lipinski definition) is 2. The van der Waals surface area contributed by atoms with E-state index in [2.05, 4.69) is 61.2 Å². The molecular formula is C35H37ClNNaO3S. The Morgan fingerprint density at radius 2 is 1.86 bits per heavy atom. The molecule has 1 N–H and O–H groups in total. The Labute approximate surface area is 282 Å². The molecule has 0 aliphatic heterocycles. The van der Waals surface area contributed by atoms with E-state index in [1.54, 1.807) is 0 Å². The van der Waals surface area contributed by atoms with Crippen LogP contribution in [0.1, 0.15) is 74.3 Å². The van der Waals surface area contributed by atoms with Gasteiger partial charge in [-0.3, -0.25) is 4.79 Å². The van der Waals surface area contributed by atoms with Crippen molar-refractivity contribution in [3.05, 3.63) is 112 Å². The number of halogens is 1. The summed E-state index contributed by atoms with van der Waals surface area (Å²) in [6.45, 7) is 1.81. The van der Waals surface area contributed by atoms with Crippen LogP contribution in [0.4, 0.5) is 0 Å². The minimum absolute atomic E-state index is 0. The topological polar surface area (TPSA) is 59.4 Å². The zero-order chi connectivity index (χ0) is 28.8. The molecule has 0 spiro atoms. The number of rotatable bonds is 12. The molecule has 3 atom stereocenters. The van der Waals surface area contributed by atoms with Gasteiger partial charge in [0.2, 0.25) is 0 Å². The van der Waals surface area contributed by atoms with E-state index in [4.69, 9.17) is 21.3 Å². The summed E-state index contributed by atoms with van der Waals surface area (Å²) in [5.74, 6) is 0.382. The fourth-order valence-electron chi connectivity index (χ4n) is 5.27. The molecule has 1 fully saturated rings. The third-order valence-corrected chi connectivity index (χ3v) is 8.10. The second-order valence-corrected chi connectivity index (χ2v) is 12.1. The zero-order valence-electron chi connectivity index (χ0n) is 25.2. The molecule has 3 aromatic carbocycles. The first-order valence-corrected chi connectivity index (χ1v) is 15.2. The molecule has 1 aromatic heterocycles. The van der Waals surface area contributed by atoms with Crippen molar-refractivity contribution in [3.8, 4) is 0 Å². The Bertz CT molecular complexity index is 1540. The van der Waals surface area contributed by atoms with Crippen molar-refractivity contribution in [3.63, 3.8) is 0 Å². The number of hydrogen-bond acceptors (Lipinski definition) is 5. The van der Waals surface area contributed by atoms with Gasteiger partial charge in [0.25, 0.3) is 0 Å². The van der Waals surface area contributed by atoms with Gasteiger partial charge in [0.1, 0.15) is 5.44 Å². The molecule has 42 heavy (non-hydrogen) atoms. The molecule has 0 amide bonds. The molecule has 1 saturated carbocycles. The number of ether oxygens (including phenoxy) is 1. The van der Waals surface area contributed by atoms with Crippen LogP contribution in [0, 0.1) is 5.92 Å². The summed E-state index contributed by atoms with van der Waals surface area (Å²) in [4.78, 5) is 17.0. The van der Waals surface area contributed by atoms with Crippen LogP contribution in [0.25, 0.3) is 23.1 Å². The number of carbonyl (C=O) groups is 1. The van der Waals surface area contributed by atoms with Gasteiger partial charge in [0.05, 0.1) is 17.3 Å². The minimum atomic E-state index is -0.455. The van der Waals surface area contributed by atoms with E-state index in [9.17, 15) is 9.90 Å². The van der Waals surface area contributed by atoms with Crippen molar-refractivity contribution < 1.29 is 45.6 Å². The Kier molecular flexibility index (Phi) is 12.1. The predicted molar refractivity (Wildman–Crippen MR) is 172 cm³/mol. The second kappa shape index (κ2) is 15.6. The van der Waals surface area contributed by atoms with Crippen LogP contribution in [-0.4, -0.2) is 27.6 Å². The molecule has 0 bridgehead atoms. The van der Waals surface area contributed by atoms with E-state index in [1.807, 2.05) is 49.4 Å². The van der Waals surface area contributed by atoms with E-state index in [1.165, 1.54) is 5.56 Å². The first-order valence-electron chi connectivity index (χ1n) is 14.3. The van der Waals surface area contributed by atoms with Crippen molar-refractivity contribution in [1.29, 1.82) is 0 Å². The number of aliphatic hydroxyl groups is 1. The van der Waals surface area contributed by atoms with Crippen molar-refractivity contribution >= 4 is 53.3 Å². The molecule has 4 nitrogen and oxygen atoms in total. The van der Waals surface area contributed by atoms with Gasteiger partial charge in [-0.1, -0.05) is 78.3 Å². The third-order valence-electron chi connectivity index (χ3n) is 7.50. The zero-order valence-corrected chi connectivity index (χ0v) is 27.9. The third kappa shape index (κ3) is 9.44. The van der Waals surface area contributed by atoms with Crippen LogP contribution in [0.5, 0.6) is 0 Å². The summed E-state index contributed by atoms with van der Waals surface area (Å²) in [6.07, 6.45) is 8.31. The van der Waals surface area contributed by atoms with Crippen LogP contribution in [0.15, 0.2) is 78.9 Å². The molecule has 214 valence electrons. The van der Waals surface area contributed by atoms with Gasteiger partial charge in [-0.05, 0) is 91.5 Å².